The molecular formula is C29H51BN4O3Si. The lowest BCUT2D eigenvalue weighted by molar-refractivity contribution is 0.00578. The van der Waals surface area contributed by atoms with Crippen molar-refractivity contribution in [1.29, 1.82) is 0 Å². The maximum absolute atomic E-state index is 8.73. The number of nitrogens with zero attached hydrogens (tertiary/aromatic N) is 4. The Kier molecular flexibility index (Phi) is 11.3. The third-order valence-corrected chi connectivity index (χ3v) is 13.0. The number of rotatable bonds is 15. The number of hydrogen-bond donors (Lipinski definition) is 0. The summed E-state index contributed by atoms with van der Waals surface area (Å²) >= 11 is 0. The molecule has 0 saturated carbocycles. The minimum absolute atomic E-state index is 0.206. The standard InChI is InChI=1S/C29H51BN4O3Si/c1-28(2)29(3,4)37-30(36-28)27(38(6,7)23-34-21-13-17-26(34)22-35-5)25(16-11-12-20-32-33-31)19-18-24-14-9-8-10-15-24/h8-10,14-15,25-27H,11-13,16-23H2,1-7H3/t25-,26-,27+/m1/s1. The van der Waals surface area contributed by atoms with Crippen molar-refractivity contribution in [1.82, 2.24) is 4.90 Å². The lowest BCUT2D eigenvalue weighted by atomic mass is 9.72. The first-order valence-corrected chi connectivity index (χ1v) is 17.9. The Hall–Kier alpha value is -1.35. The van der Waals surface area contributed by atoms with Gasteiger partial charge >= 0.3 is 7.12 Å². The van der Waals surface area contributed by atoms with E-state index in [2.05, 4.69) is 86.0 Å². The van der Waals surface area contributed by atoms with Crippen molar-refractivity contribution in [3.8, 4) is 0 Å². The van der Waals surface area contributed by atoms with Crippen molar-refractivity contribution in [3.63, 3.8) is 0 Å². The quantitative estimate of drug-likeness (QED) is 0.0780. The van der Waals surface area contributed by atoms with Crippen LogP contribution in [0, 0.1) is 5.92 Å². The number of methoxy groups -OCH3 is 1. The lowest BCUT2D eigenvalue weighted by Gasteiger charge is -2.42. The maximum atomic E-state index is 8.73. The van der Waals surface area contributed by atoms with Crippen molar-refractivity contribution in [2.45, 2.75) is 108 Å². The van der Waals surface area contributed by atoms with Crippen molar-refractivity contribution in [3.05, 3.63) is 46.3 Å². The summed E-state index contributed by atoms with van der Waals surface area (Å²) in [6, 6.07) is 11.4. The third kappa shape index (κ3) is 8.09. The molecule has 2 fully saturated rings. The van der Waals surface area contributed by atoms with Gasteiger partial charge in [0.15, 0.2) is 0 Å². The van der Waals surface area contributed by atoms with Crippen LogP contribution in [-0.2, 0) is 20.5 Å². The molecule has 0 unspecified atom stereocenters. The molecule has 0 radical (unpaired) electrons. The Morgan fingerprint density at radius 2 is 1.82 bits per heavy atom. The van der Waals surface area contributed by atoms with Crippen LogP contribution in [0.5, 0.6) is 0 Å². The minimum atomic E-state index is -1.90. The van der Waals surface area contributed by atoms with Gasteiger partial charge in [0.05, 0.1) is 25.9 Å². The number of unbranched alkanes of at least 4 members (excludes halogenated alkanes) is 1. The monoisotopic (exact) mass is 542 g/mol. The predicted octanol–water partition coefficient (Wildman–Crippen LogP) is 7.08. The number of likely N-dealkylation sites (tertiary alicyclic amines) is 1. The molecule has 0 aromatic heterocycles. The first-order valence-electron chi connectivity index (χ1n) is 14.6. The van der Waals surface area contributed by atoms with E-state index in [-0.39, 0.29) is 18.3 Å². The molecule has 38 heavy (non-hydrogen) atoms. The van der Waals surface area contributed by atoms with Gasteiger partial charge < -0.3 is 18.9 Å². The zero-order valence-electron chi connectivity index (χ0n) is 25.0. The molecule has 0 spiro atoms. The fourth-order valence-electron chi connectivity index (χ4n) is 6.51. The summed E-state index contributed by atoms with van der Waals surface area (Å²) in [5.41, 5.74) is 9.78. The summed E-state index contributed by atoms with van der Waals surface area (Å²) < 4.78 is 19.3. The van der Waals surface area contributed by atoms with Crippen molar-refractivity contribution < 1.29 is 14.0 Å². The predicted molar refractivity (Wildman–Crippen MR) is 160 cm³/mol. The van der Waals surface area contributed by atoms with E-state index in [1.807, 2.05) is 7.11 Å². The van der Waals surface area contributed by atoms with Crippen LogP contribution in [-0.4, -0.2) is 70.3 Å². The number of hydrogen-bond acceptors (Lipinski definition) is 5. The van der Waals surface area contributed by atoms with Gasteiger partial charge in [0.25, 0.3) is 0 Å². The average molecular weight is 543 g/mol. The van der Waals surface area contributed by atoms with Crippen LogP contribution < -0.4 is 0 Å². The summed E-state index contributed by atoms with van der Waals surface area (Å²) in [6.45, 7) is 16.3. The molecule has 0 bridgehead atoms. The highest BCUT2D eigenvalue weighted by atomic mass is 28.3. The number of aryl methyl sites for hydroxylation is 1. The Labute approximate surface area is 232 Å². The molecule has 1 aromatic carbocycles. The van der Waals surface area contributed by atoms with Crippen LogP contribution in [0.3, 0.4) is 0 Å². The van der Waals surface area contributed by atoms with Gasteiger partial charge in [-0.05, 0) is 95.0 Å². The molecule has 2 heterocycles. The molecular weight excluding hydrogens is 491 g/mol. The van der Waals surface area contributed by atoms with E-state index in [0.717, 1.165) is 51.4 Å². The van der Waals surface area contributed by atoms with Crippen LogP contribution in [0.25, 0.3) is 10.4 Å². The second-order valence-corrected chi connectivity index (χ2v) is 18.1. The van der Waals surface area contributed by atoms with E-state index >= 15 is 0 Å². The molecule has 2 saturated heterocycles. The second kappa shape index (κ2) is 13.8. The molecule has 3 atom stereocenters. The molecule has 2 aliphatic heterocycles. The zero-order chi connectivity index (χ0) is 27.8. The highest BCUT2D eigenvalue weighted by Crippen LogP contribution is 2.47. The number of ether oxygens (including phenoxy) is 1. The topological polar surface area (TPSA) is 79.7 Å². The van der Waals surface area contributed by atoms with Gasteiger partial charge in [0.2, 0.25) is 0 Å². The zero-order valence-corrected chi connectivity index (χ0v) is 26.0. The first-order chi connectivity index (χ1) is 18.0. The fourth-order valence-corrected chi connectivity index (χ4v) is 10.7. The summed E-state index contributed by atoms with van der Waals surface area (Å²) in [5.74, 6) is 0.473. The van der Waals surface area contributed by atoms with Crippen molar-refractivity contribution in [2.24, 2.45) is 11.0 Å². The van der Waals surface area contributed by atoms with Gasteiger partial charge in [0.1, 0.15) is 0 Å². The van der Waals surface area contributed by atoms with Crippen LogP contribution in [0.15, 0.2) is 35.4 Å². The van der Waals surface area contributed by atoms with Gasteiger partial charge in [-0.3, -0.25) is 0 Å². The van der Waals surface area contributed by atoms with Crippen molar-refractivity contribution >= 4 is 15.2 Å². The Balaban J connectivity index is 1.90. The normalized spacial score (nSPS) is 22.8. The number of azide groups is 1. The van der Waals surface area contributed by atoms with E-state index in [9.17, 15) is 0 Å². The van der Waals surface area contributed by atoms with Gasteiger partial charge in [-0.1, -0.05) is 61.4 Å². The van der Waals surface area contributed by atoms with Crippen LogP contribution in [0.4, 0.5) is 0 Å². The summed E-state index contributed by atoms with van der Waals surface area (Å²) in [4.78, 5) is 5.65. The molecule has 7 nitrogen and oxygen atoms in total. The van der Waals surface area contributed by atoms with Gasteiger partial charge in [0, 0.05) is 24.6 Å². The lowest BCUT2D eigenvalue weighted by Crippen LogP contribution is -2.55. The molecule has 9 heteroatoms. The summed E-state index contributed by atoms with van der Waals surface area (Å²) in [6.07, 6.45) is 8.83. The first kappa shape index (κ1) is 31.2. The summed E-state index contributed by atoms with van der Waals surface area (Å²) in [5, 5.41) is 3.79. The SMILES string of the molecule is COC[C@H]1CCCN1C[Si](C)(C)[C@H](B1OC(C)(C)C(C)(C)O1)[C@H](CCCCN=[N+]=[N-])CCc1ccccc1. The van der Waals surface area contributed by atoms with E-state index in [0.29, 0.717) is 23.9 Å². The van der Waals surface area contributed by atoms with E-state index in [1.54, 1.807) is 0 Å². The summed E-state index contributed by atoms with van der Waals surface area (Å²) in [7, 11) is -0.281. The highest BCUT2D eigenvalue weighted by Gasteiger charge is 2.58. The van der Waals surface area contributed by atoms with Crippen LogP contribution in [0.2, 0.25) is 18.5 Å². The Bertz CT molecular complexity index is 894. The molecule has 1 aromatic rings. The molecule has 0 amide bonds. The molecule has 0 aliphatic carbocycles. The van der Waals surface area contributed by atoms with E-state index in [4.69, 9.17) is 19.6 Å². The average Bonchev–Trinajstić information content (AvgIpc) is 3.36. The molecule has 212 valence electrons. The van der Waals surface area contributed by atoms with Gasteiger partial charge in [-0.15, -0.1) is 0 Å². The van der Waals surface area contributed by atoms with Gasteiger partial charge in [-0.25, -0.2) is 0 Å². The fraction of sp³-hybridized carbons (Fsp3) is 0.793. The smallest absolute Gasteiger partial charge is 0.403 e. The third-order valence-electron chi connectivity index (χ3n) is 9.24. The van der Waals surface area contributed by atoms with Gasteiger partial charge in [-0.2, -0.15) is 0 Å². The molecule has 3 rings (SSSR count). The highest BCUT2D eigenvalue weighted by molar-refractivity contribution is 6.88. The van der Waals surface area contributed by atoms with Crippen LogP contribution in [0.1, 0.15) is 71.8 Å². The Morgan fingerprint density at radius 1 is 1.13 bits per heavy atom. The molecule has 0 N–H and O–H groups in total. The molecule has 2 aliphatic rings. The van der Waals surface area contributed by atoms with Crippen molar-refractivity contribution in [2.75, 3.05) is 33.0 Å². The largest absolute Gasteiger partial charge is 0.458 e. The van der Waals surface area contributed by atoms with E-state index < -0.39 is 8.07 Å². The maximum Gasteiger partial charge on any atom is 0.458 e. The van der Waals surface area contributed by atoms with Crippen LogP contribution >= 0.6 is 0 Å². The minimum Gasteiger partial charge on any atom is -0.403 e. The van der Waals surface area contributed by atoms with E-state index in [1.165, 1.54) is 18.4 Å². The second-order valence-electron chi connectivity index (χ2n) is 13.1. The Morgan fingerprint density at radius 3 is 2.45 bits per heavy atom. The number of benzene rings is 1.